The van der Waals surface area contributed by atoms with Gasteiger partial charge in [0.05, 0.1) is 0 Å². The highest BCUT2D eigenvalue weighted by molar-refractivity contribution is 7.12. The first-order valence-electron chi connectivity index (χ1n) is 6.97. The van der Waals surface area contributed by atoms with E-state index in [1.807, 2.05) is 17.5 Å². The molecule has 0 fully saturated rings. The second-order valence-corrected chi connectivity index (χ2v) is 5.80. The molecule has 3 N–H and O–H groups in total. The van der Waals surface area contributed by atoms with Crippen LogP contribution in [0.3, 0.4) is 0 Å². The minimum atomic E-state index is -0.676. The SMILES string of the molecule is CCCCc1nc(C(N)=O)c2[nH]c(=O)n(-c3cccs3)c2n1. The summed E-state index contributed by atoms with van der Waals surface area (Å²) in [4.78, 5) is 35.2. The first-order chi connectivity index (χ1) is 10.6. The molecule has 8 heteroatoms. The van der Waals surface area contributed by atoms with Crippen molar-refractivity contribution < 1.29 is 4.79 Å². The van der Waals surface area contributed by atoms with E-state index in [1.54, 1.807) is 0 Å². The number of rotatable bonds is 5. The van der Waals surface area contributed by atoms with Crippen molar-refractivity contribution in [1.29, 1.82) is 0 Å². The molecule has 0 bridgehead atoms. The standard InChI is InChI=1S/C14H15N5O2S/c1-2-3-5-8-16-10(12(15)20)11-13(17-8)19(14(21)18-11)9-6-4-7-22-9/h4,6-7H,2-3,5H2,1H3,(H2,15,20)(H,18,21). The van der Waals surface area contributed by atoms with Gasteiger partial charge < -0.3 is 10.7 Å². The monoisotopic (exact) mass is 317 g/mol. The number of carbonyl (C=O) groups is 1. The van der Waals surface area contributed by atoms with Gasteiger partial charge in [-0.3, -0.25) is 4.79 Å². The first kappa shape index (κ1) is 14.5. The predicted octanol–water partition coefficient (Wildman–Crippen LogP) is 1.61. The number of hydrogen-bond acceptors (Lipinski definition) is 5. The Labute approximate surface area is 129 Å². The van der Waals surface area contributed by atoms with Gasteiger partial charge in [0.1, 0.15) is 16.3 Å². The average molecular weight is 317 g/mol. The molecule has 0 saturated heterocycles. The summed E-state index contributed by atoms with van der Waals surface area (Å²) in [5.74, 6) is -0.155. The highest BCUT2D eigenvalue weighted by Gasteiger charge is 2.19. The number of nitrogens with one attached hydrogen (secondary N) is 1. The van der Waals surface area contributed by atoms with Crippen molar-refractivity contribution in [3.05, 3.63) is 39.5 Å². The zero-order chi connectivity index (χ0) is 15.7. The minimum absolute atomic E-state index is 0.0588. The fourth-order valence-corrected chi connectivity index (χ4v) is 2.98. The Morgan fingerprint density at radius 1 is 1.45 bits per heavy atom. The van der Waals surface area contributed by atoms with Gasteiger partial charge in [-0.1, -0.05) is 13.3 Å². The Balaban J connectivity index is 2.29. The van der Waals surface area contributed by atoms with Crippen LogP contribution in [0.4, 0.5) is 0 Å². The first-order valence-corrected chi connectivity index (χ1v) is 7.85. The van der Waals surface area contributed by atoms with Gasteiger partial charge in [-0.15, -0.1) is 11.3 Å². The van der Waals surface area contributed by atoms with Crippen molar-refractivity contribution in [3.63, 3.8) is 0 Å². The number of aromatic amines is 1. The molecular formula is C14H15N5O2S. The van der Waals surface area contributed by atoms with E-state index in [0.29, 0.717) is 17.9 Å². The molecular weight excluding hydrogens is 302 g/mol. The third kappa shape index (κ3) is 2.41. The van der Waals surface area contributed by atoms with Gasteiger partial charge in [0.2, 0.25) is 0 Å². The smallest absolute Gasteiger partial charge is 0.333 e. The highest BCUT2D eigenvalue weighted by atomic mass is 32.1. The van der Waals surface area contributed by atoms with Crippen LogP contribution in [-0.2, 0) is 6.42 Å². The van der Waals surface area contributed by atoms with Gasteiger partial charge in [-0.2, -0.15) is 0 Å². The summed E-state index contributed by atoms with van der Waals surface area (Å²) >= 11 is 1.41. The van der Waals surface area contributed by atoms with E-state index in [4.69, 9.17) is 5.73 Å². The number of H-pyrrole nitrogens is 1. The molecule has 0 spiro atoms. The maximum absolute atomic E-state index is 12.2. The molecule has 0 atom stereocenters. The summed E-state index contributed by atoms with van der Waals surface area (Å²) in [6.45, 7) is 2.06. The van der Waals surface area contributed by atoms with Gasteiger partial charge in [0, 0.05) is 6.42 Å². The number of amides is 1. The van der Waals surface area contributed by atoms with E-state index in [9.17, 15) is 9.59 Å². The number of fused-ring (bicyclic) bond motifs is 1. The van der Waals surface area contributed by atoms with Crippen LogP contribution in [-0.4, -0.2) is 25.4 Å². The molecule has 0 unspecified atom stereocenters. The number of imidazole rings is 1. The van der Waals surface area contributed by atoms with E-state index >= 15 is 0 Å². The molecule has 0 aromatic carbocycles. The van der Waals surface area contributed by atoms with Crippen LogP contribution in [0.2, 0.25) is 0 Å². The van der Waals surface area contributed by atoms with Crippen LogP contribution in [0, 0.1) is 0 Å². The normalized spacial score (nSPS) is 11.1. The van der Waals surface area contributed by atoms with E-state index in [1.165, 1.54) is 15.9 Å². The quantitative estimate of drug-likeness (QED) is 0.745. The summed E-state index contributed by atoms with van der Waals surface area (Å²) in [7, 11) is 0. The second-order valence-electron chi connectivity index (χ2n) is 4.87. The molecule has 0 radical (unpaired) electrons. The van der Waals surface area contributed by atoms with Crippen LogP contribution in [0.15, 0.2) is 22.3 Å². The molecule has 7 nitrogen and oxygen atoms in total. The van der Waals surface area contributed by atoms with Crippen molar-refractivity contribution in [2.45, 2.75) is 26.2 Å². The Morgan fingerprint density at radius 2 is 2.27 bits per heavy atom. The lowest BCUT2D eigenvalue weighted by molar-refractivity contribution is 0.0996. The van der Waals surface area contributed by atoms with Gasteiger partial charge in [-0.05, 0) is 23.9 Å². The lowest BCUT2D eigenvalue weighted by Crippen LogP contribution is -2.16. The number of hydrogen-bond donors (Lipinski definition) is 2. The molecule has 0 aliphatic rings. The Morgan fingerprint density at radius 3 is 2.91 bits per heavy atom. The Bertz CT molecular complexity index is 879. The summed E-state index contributed by atoms with van der Waals surface area (Å²) in [5, 5.41) is 2.60. The molecule has 114 valence electrons. The van der Waals surface area contributed by atoms with E-state index in [-0.39, 0.29) is 16.9 Å². The van der Waals surface area contributed by atoms with Crippen LogP contribution < -0.4 is 11.4 Å². The van der Waals surface area contributed by atoms with Crippen molar-refractivity contribution in [1.82, 2.24) is 19.5 Å². The van der Waals surface area contributed by atoms with Crippen LogP contribution in [0.25, 0.3) is 16.2 Å². The van der Waals surface area contributed by atoms with Gasteiger partial charge in [0.15, 0.2) is 11.3 Å². The number of carbonyl (C=O) groups excluding carboxylic acids is 1. The maximum atomic E-state index is 12.2. The van der Waals surface area contributed by atoms with E-state index in [0.717, 1.165) is 17.8 Å². The lowest BCUT2D eigenvalue weighted by Gasteiger charge is -2.04. The van der Waals surface area contributed by atoms with Gasteiger partial charge in [0.25, 0.3) is 5.91 Å². The number of aryl methyl sites for hydroxylation is 1. The molecule has 22 heavy (non-hydrogen) atoms. The fourth-order valence-electron chi connectivity index (χ4n) is 2.26. The number of nitrogens with two attached hydrogens (primary N) is 1. The molecule has 3 aromatic heterocycles. The Hall–Kier alpha value is -2.48. The number of aromatic nitrogens is 4. The molecule has 1 amide bonds. The zero-order valence-electron chi connectivity index (χ0n) is 12.0. The molecule has 0 aliphatic heterocycles. The van der Waals surface area contributed by atoms with Crippen molar-refractivity contribution in [2.75, 3.05) is 0 Å². The summed E-state index contributed by atoms with van der Waals surface area (Å²) in [6.07, 6.45) is 2.52. The minimum Gasteiger partial charge on any atom is -0.364 e. The van der Waals surface area contributed by atoms with Crippen molar-refractivity contribution in [2.24, 2.45) is 5.73 Å². The Kier molecular flexibility index (Phi) is 3.76. The zero-order valence-corrected chi connectivity index (χ0v) is 12.8. The fraction of sp³-hybridized carbons (Fsp3) is 0.286. The number of unbranched alkanes of at least 4 members (excludes halogenated alkanes) is 1. The summed E-state index contributed by atoms with van der Waals surface area (Å²) in [5.41, 5.74) is 5.77. The third-order valence-electron chi connectivity index (χ3n) is 3.30. The van der Waals surface area contributed by atoms with Crippen LogP contribution in [0.5, 0.6) is 0 Å². The second kappa shape index (κ2) is 5.72. The molecule has 3 aromatic rings. The van der Waals surface area contributed by atoms with E-state index < -0.39 is 5.91 Å². The predicted molar refractivity (Wildman–Crippen MR) is 84.5 cm³/mol. The van der Waals surface area contributed by atoms with Crippen molar-refractivity contribution >= 4 is 28.4 Å². The molecule has 0 aliphatic carbocycles. The topological polar surface area (TPSA) is 107 Å². The number of nitrogens with zero attached hydrogens (tertiary/aromatic N) is 3. The summed E-state index contributed by atoms with van der Waals surface area (Å²) in [6, 6.07) is 3.66. The number of thiophene rings is 1. The van der Waals surface area contributed by atoms with Gasteiger partial charge in [-0.25, -0.2) is 19.3 Å². The molecule has 3 heterocycles. The van der Waals surface area contributed by atoms with Crippen LogP contribution in [0.1, 0.15) is 36.1 Å². The van der Waals surface area contributed by atoms with E-state index in [2.05, 4.69) is 21.9 Å². The number of primary amides is 1. The average Bonchev–Trinajstić information content (AvgIpc) is 3.10. The molecule has 3 rings (SSSR count). The largest absolute Gasteiger partial charge is 0.364 e. The lowest BCUT2D eigenvalue weighted by atomic mass is 10.2. The summed E-state index contributed by atoms with van der Waals surface area (Å²) < 4.78 is 1.45. The maximum Gasteiger partial charge on any atom is 0.333 e. The molecule has 0 saturated carbocycles. The van der Waals surface area contributed by atoms with Crippen molar-refractivity contribution in [3.8, 4) is 5.00 Å². The van der Waals surface area contributed by atoms with Gasteiger partial charge >= 0.3 is 5.69 Å². The van der Waals surface area contributed by atoms with Crippen LogP contribution >= 0.6 is 11.3 Å². The highest BCUT2D eigenvalue weighted by Crippen LogP contribution is 2.20. The third-order valence-corrected chi connectivity index (χ3v) is 4.15.